The summed E-state index contributed by atoms with van der Waals surface area (Å²) in [6.07, 6.45) is 4.67. The van der Waals surface area contributed by atoms with Gasteiger partial charge in [-0.1, -0.05) is 11.6 Å². The zero-order valence-electron chi connectivity index (χ0n) is 10.8. The summed E-state index contributed by atoms with van der Waals surface area (Å²) in [6, 6.07) is 3.51. The summed E-state index contributed by atoms with van der Waals surface area (Å²) >= 11 is 5.90. The van der Waals surface area contributed by atoms with Crippen molar-refractivity contribution in [2.75, 3.05) is 26.0 Å². The van der Waals surface area contributed by atoms with E-state index in [2.05, 4.69) is 4.98 Å². The molecule has 1 aromatic heterocycles. The molecule has 0 N–H and O–H groups in total. The third-order valence-corrected chi connectivity index (χ3v) is 4.70. The van der Waals surface area contributed by atoms with Gasteiger partial charge in [0.2, 0.25) is 10.0 Å². The molecular weight excluding hydrogens is 288 g/mol. The first-order valence-electron chi connectivity index (χ1n) is 6.15. The lowest BCUT2D eigenvalue weighted by molar-refractivity contribution is 0.180. The number of hydrogen-bond acceptors (Lipinski definition) is 4. The number of aromatic nitrogens is 1. The van der Waals surface area contributed by atoms with Crippen LogP contribution in [0.5, 0.6) is 5.75 Å². The molecular formula is C12H17ClN2O3S. The van der Waals surface area contributed by atoms with Crippen LogP contribution in [0.2, 0.25) is 5.15 Å². The van der Waals surface area contributed by atoms with E-state index in [1.807, 2.05) is 0 Å². The zero-order chi connectivity index (χ0) is 13.9. The van der Waals surface area contributed by atoms with Crippen LogP contribution in [0, 0.1) is 5.92 Å². The fourth-order valence-electron chi connectivity index (χ4n) is 2.15. The van der Waals surface area contributed by atoms with Crippen molar-refractivity contribution in [3.8, 4) is 5.75 Å². The van der Waals surface area contributed by atoms with Crippen molar-refractivity contribution in [3.05, 3.63) is 23.5 Å². The Bertz CT molecular complexity index is 536. The van der Waals surface area contributed by atoms with Gasteiger partial charge in [-0.25, -0.2) is 17.7 Å². The van der Waals surface area contributed by atoms with Crippen LogP contribution in [0.3, 0.4) is 0 Å². The predicted octanol–water partition coefficient (Wildman–Crippen LogP) is 1.79. The van der Waals surface area contributed by atoms with Crippen molar-refractivity contribution in [1.29, 1.82) is 0 Å². The highest BCUT2D eigenvalue weighted by molar-refractivity contribution is 7.88. The number of rotatable bonds is 4. The van der Waals surface area contributed by atoms with E-state index in [1.54, 1.807) is 18.3 Å². The fourth-order valence-corrected chi connectivity index (χ4v) is 3.27. The van der Waals surface area contributed by atoms with Gasteiger partial charge < -0.3 is 4.74 Å². The molecule has 19 heavy (non-hydrogen) atoms. The summed E-state index contributed by atoms with van der Waals surface area (Å²) in [5.41, 5.74) is 0. The maximum atomic E-state index is 11.5. The average Bonchev–Trinajstić information content (AvgIpc) is 2.37. The molecule has 0 bridgehead atoms. The second kappa shape index (κ2) is 6.07. The van der Waals surface area contributed by atoms with Crippen LogP contribution in [0.15, 0.2) is 18.3 Å². The minimum Gasteiger partial charge on any atom is -0.490 e. The molecule has 0 radical (unpaired) electrons. The number of halogens is 1. The second-order valence-corrected chi connectivity index (χ2v) is 7.07. The van der Waals surface area contributed by atoms with Gasteiger partial charge in [0.1, 0.15) is 0 Å². The Balaban J connectivity index is 1.92. The Hall–Kier alpha value is -0.850. The van der Waals surface area contributed by atoms with Gasteiger partial charge in [0.25, 0.3) is 0 Å². The van der Waals surface area contributed by atoms with Crippen LogP contribution < -0.4 is 4.74 Å². The summed E-state index contributed by atoms with van der Waals surface area (Å²) in [7, 11) is -3.11. The van der Waals surface area contributed by atoms with Gasteiger partial charge in [-0.05, 0) is 25.0 Å². The Labute approximate surface area is 118 Å². The van der Waals surface area contributed by atoms with Crippen LogP contribution in [0.1, 0.15) is 12.8 Å². The SMILES string of the molecule is CS(=O)(=O)N1CCCC(COc2cccnc2Cl)C1. The molecule has 1 unspecified atom stereocenters. The van der Waals surface area contributed by atoms with Gasteiger partial charge in [-0.2, -0.15) is 0 Å². The largest absolute Gasteiger partial charge is 0.490 e. The topological polar surface area (TPSA) is 59.5 Å². The summed E-state index contributed by atoms with van der Waals surface area (Å²) < 4.78 is 30.2. The molecule has 0 aromatic carbocycles. The third kappa shape index (κ3) is 4.06. The summed E-state index contributed by atoms with van der Waals surface area (Å²) in [4.78, 5) is 3.93. The molecule has 1 saturated heterocycles. The van der Waals surface area contributed by atoms with Crippen molar-refractivity contribution in [3.63, 3.8) is 0 Å². The van der Waals surface area contributed by atoms with E-state index in [0.29, 0.717) is 30.6 Å². The van der Waals surface area contributed by atoms with Crippen LogP contribution in [0.25, 0.3) is 0 Å². The molecule has 1 aromatic rings. The van der Waals surface area contributed by atoms with E-state index in [1.165, 1.54) is 10.6 Å². The highest BCUT2D eigenvalue weighted by Gasteiger charge is 2.26. The molecule has 7 heteroatoms. The number of pyridine rings is 1. The molecule has 0 saturated carbocycles. The lowest BCUT2D eigenvalue weighted by atomic mass is 10.0. The van der Waals surface area contributed by atoms with E-state index in [0.717, 1.165) is 12.8 Å². The standard InChI is InChI=1S/C12H17ClN2O3S/c1-19(16,17)15-7-3-4-10(8-15)9-18-11-5-2-6-14-12(11)13/h2,5-6,10H,3-4,7-9H2,1H3. The smallest absolute Gasteiger partial charge is 0.211 e. The molecule has 1 atom stereocenters. The van der Waals surface area contributed by atoms with Crippen LogP contribution >= 0.6 is 11.6 Å². The monoisotopic (exact) mass is 304 g/mol. The summed E-state index contributed by atoms with van der Waals surface area (Å²) in [6.45, 7) is 1.57. The third-order valence-electron chi connectivity index (χ3n) is 3.15. The molecule has 106 valence electrons. The Morgan fingerprint density at radius 1 is 1.58 bits per heavy atom. The van der Waals surface area contributed by atoms with Crippen molar-refractivity contribution in [2.45, 2.75) is 12.8 Å². The fraction of sp³-hybridized carbons (Fsp3) is 0.583. The first-order valence-corrected chi connectivity index (χ1v) is 8.38. The van der Waals surface area contributed by atoms with Crippen molar-refractivity contribution in [2.24, 2.45) is 5.92 Å². The highest BCUT2D eigenvalue weighted by Crippen LogP contribution is 2.24. The second-order valence-electron chi connectivity index (χ2n) is 4.73. The van der Waals surface area contributed by atoms with Gasteiger partial charge in [0.15, 0.2) is 10.9 Å². The quantitative estimate of drug-likeness (QED) is 0.796. The van der Waals surface area contributed by atoms with Gasteiger partial charge in [0.05, 0.1) is 12.9 Å². The lowest BCUT2D eigenvalue weighted by Crippen LogP contribution is -2.40. The molecule has 1 aliphatic heterocycles. The van der Waals surface area contributed by atoms with Crippen LogP contribution in [-0.2, 0) is 10.0 Å². The molecule has 0 amide bonds. The zero-order valence-corrected chi connectivity index (χ0v) is 12.3. The molecule has 1 aliphatic rings. The Kier molecular flexibility index (Phi) is 4.65. The molecule has 2 heterocycles. The van der Waals surface area contributed by atoms with E-state index in [-0.39, 0.29) is 5.92 Å². The summed E-state index contributed by atoms with van der Waals surface area (Å²) in [5.74, 6) is 0.736. The van der Waals surface area contributed by atoms with E-state index in [9.17, 15) is 8.42 Å². The lowest BCUT2D eigenvalue weighted by Gasteiger charge is -2.30. The number of nitrogens with zero attached hydrogens (tertiary/aromatic N) is 2. The Morgan fingerprint density at radius 2 is 2.37 bits per heavy atom. The van der Waals surface area contributed by atoms with Gasteiger partial charge in [0, 0.05) is 25.2 Å². The maximum absolute atomic E-state index is 11.5. The highest BCUT2D eigenvalue weighted by atomic mass is 35.5. The number of piperidine rings is 1. The number of sulfonamides is 1. The molecule has 5 nitrogen and oxygen atoms in total. The molecule has 1 fully saturated rings. The first kappa shape index (κ1) is 14.6. The van der Waals surface area contributed by atoms with E-state index in [4.69, 9.17) is 16.3 Å². The summed E-state index contributed by atoms with van der Waals surface area (Å²) in [5, 5.41) is 0.332. The van der Waals surface area contributed by atoms with Crippen LogP contribution in [-0.4, -0.2) is 43.7 Å². The van der Waals surface area contributed by atoms with Gasteiger partial charge in [-0.3, -0.25) is 0 Å². The first-order chi connectivity index (χ1) is 8.97. The van der Waals surface area contributed by atoms with Crippen molar-refractivity contribution in [1.82, 2.24) is 9.29 Å². The number of hydrogen-bond donors (Lipinski definition) is 0. The Morgan fingerprint density at radius 3 is 3.05 bits per heavy atom. The van der Waals surface area contributed by atoms with Crippen molar-refractivity contribution < 1.29 is 13.2 Å². The van der Waals surface area contributed by atoms with E-state index >= 15 is 0 Å². The van der Waals surface area contributed by atoms with Crippen molar-refractivity contribution >= 4 is 21.6 Å². The predicted molar refractivity (Wildman–Crippen MR) is 73.9 cm³/mol. The normalized spacial score (nSPS) is 21.3. The minimum atomic E-state index is -3.11. The van der Waals surface area contributed by atoms with Gasteiger partial charge >= 0.3 is 0 Å². The minimum absolute atomic E-state index is 0.194. The molecule has 2 rings (SSSR count). The molecule has 0 spiro atoms. The number of ether oxygens (including phenoxy) is 1. The maximum Gasteiger partial charge on any atom is 0.211 e. The van der Waals surface area contributed by atoms with Crippen LogP contribution in [0.4, 0.5) is 0 Å². The van der Waals surface area contributed by atoms with E-state index < -0.39 is 10.0 Å². The molecule has 0 aliphatic carbocycles. The van der Waals surface area contributed by atoms with Gasteiger partial charge in [-0.15, -0.1) is 0 Å². The average molecular weight is 305 g/mol.